The normalized spacial score (nSPS) is 10.5. The molecule has 0 unspecified atom stereocenters. The van der Waals surface area contributed by atoms with Crippen LogP contribution < -0.4 is 5.32 Å². The van der Waals surface area contributed by atoms with Crippen LogP contribution in [0.5, 0.6) is 0 Å². The molecular formula is C20H16ClNO2S2. The van der Waals surface area contributed by atoms with E-state index in [0.29, 0.717) is 27.6 Å². The van der Waals surface area contributed by atoms with Gasteiger partial charge in [-0.2, -0.15) is 0 Å². The molecule has 0 aliphatic heterocycles. The van der Waals surface area contributed by atoms with Gasteiger partial charge in [0.1, 0.15) is 0 Å². The Morgan fingerprint density at radius 2 is 1.85 bits per heavy atom. The maximum Gasteiger partial charge on any atom is 0.234 e. The third-order valence-electron chi connectivity index (χ3n) is 3.59. The van der Waals surface area contributed by atoms with Crippen molar-refractivity contribution in [3.05, 3.63) is 87.1 Å². The molecule has 0 saturated carbocycles. The third kappa shape index (κ3) is 4.97. The zero-order chi connectivity index (χ0) is 18.4. The second kappa shape index (κ2) is 9.03. The van der Waals surface area contributed by atoms with Gasteiger partial charge in [0.05, 0.1) is 11.4 Å². The average Bonchev–Trinajstić information content (AvgIpc) is 3.17. The minimum Gasteiger partial charge on any atom is -0.325 e. The Labute approximate surface area is 165 Å². The van der Waals surface area contributed by atoms with E-state index in [9.17, 15) is 9.59 Å². The van der Waals surface area contributed by atoms with E-state index in [2.05, 4.69) is 5.32 Å². The number of ketones is 1. The molecule has 0 spiro atoms. The van der Waals surface area contributed by atoms with Crippen molar-refractivity contribution < 1.29 is 9.59 Å². The van der Waals surface area contributed by atoms with Crippen LogP contribution in [0.3, 0.4) is 0 Å². The van der Waals surface area contributed by atoms with Crippen molar-refractivity contribution in [1.82, 2.24) is 0 Å². The van der Waals surface area contributed by atoms with Gasteiger partial charge in [0.25, 0.3) is 0 Å². The molecule has 0 fully saturated rings. The standard InChI is InChI=1S/C20H16ClNO2S2/c21-15-8-9-18(17(11-15)20(24)14-5-2-1-3-6-14)22-19(23)13-25-12-16-7-4-10-26-16/h1-11H,12-13H2,(H,22,23). The number of nitrogens with one attached hydrogen (secondary N) is 1. The van der Waals surface area contributed by atoms with Crippen LogP contribution >= 0.6 is 34.7 Å². The smallest absolute Gasteiger partial charge is 0.234 e. The van der Waals surface area contributed by atoms with Gasteiger partial charge in [-0.1, -0.05) is 48.0 Å². The van der Waals surface area contributed by atoms with Crippen molar-refractivity contribution >= 4 is 52.1 Å². The molecule has 1 amide bonds. The predicted molar refractivity (Wildman–Crippen MR) is 110 cm³/mol. The van der Waals surface area contributed by atoms with Crippen LogP contribution in [0.4, 0.5) is 5.69 Å². The maximum absolute atomic E-state index is 12.8. The van der Waals surface area contributed by atoms with Crippen LogP contribution in [-0.4, -0.2) is 17.4 Å². The Morgan fingerprint density at radius 3 is 2.58 bits per heavy atom. The molecule has 0 bridgehead atoms. The zero-order valence-corrected chi connectivity index (χ0v) is 16.2. The molecule has 0 saturated heterocycles. The van der Waals surface area contributed by atoms with E-state index < -0.39 is 0 Å². The molecule has 2 aromatic carbocycles. The summed E-state index contributed by atoms with van der Waals surface area (Å²) in [5.74, 6) is 0.798. The number of benzene rings is 2. The van der Waals surface area contributed by atoms with Crippen molar-refractivity contribution in [2.24, 2.45) is 0 Å². The Morgan fingerprint density at radius 1 is 1.04 bits per heavy atom. The van der Waals surface area contributed by atoms with E-state index in [1.54, 1.807) is 53.8 Å². The highest BCUT2D eigenvalue weighted by molar-refractivity contribution is 7.99. The van der Waals surface area contributed by atoms with E-state index in [1.807, 2.05) is 23.6 Å². The lowest BCUT2D eigenvalue weighted by atomic mass is 10.0. The Hall–Kier alpha value is -2.08. The summed E-state index contributed by atoms with van der Waals surface area (Å²) >= 11 is 9.27. The fourth-order valence-corrected chi connectivity index (χ4v) is 4.22. The van der Waals surface area contributed by atoms with Crippen LogP contribution in [0.1, 0.15) is 20.8 Å². The lowest BCUT2D eigenvalue weighted by Crippen LogP contribution is -2.17. The largest absolute Gasteiger partial charge is 0.325 e. The van der Waals surface area contributed by atoms with Gasteiger partial charge in [-0.3, -0.25) is 9.59 Å². The lowest BCUT2D eigenvalue weighted by molar-refractivity contribution is -0.113. The number of halogens is 1. The number of carbonyl (C=O) groups excluding carboxylic acids is 2. The van der Waals surface area contributed by atoms with Crippen LogP contribution in [0.15, 0.2) is 66.0 Å². The molecule has 0 radical (unpaired) electrons. The summed E-state index contributed by atoms with van der Waals surface area (Å²) in [5, 5.41) is 5.30. The molecule has 3 aromatic rings. The summed E-state index contributed by atoms with van der Waals surface area (Å²) in [4.78, 5) is 26.3. The second-order valence-electron chi connectivity index (χ2n) is 5.51. The fourth-order valence-electron chi connectivity index (χ4n) is 2.38. The van der Waals surface area contributed by atoms with Crippen molar-refractivity contribution in [1.29, 1.82) is 0 Å². The molecule has 0 atom stereocenters. The molecule has 26 heavy (non-hydrogen) atoms. The number of amides is 1. The average molecular weight is 402 g/mol. The predicted octanol–water partition coefficient (Wildman–Crippen LogP) is 5.50. The van der Waals surface area contributed by atoms with Gasteiger partial charge in [0.15, 0.2) is 5.78 Å². The highest BCUT2D eigenvalue weighted by Gasteiger charge is 2.16. The Bertz CT molecular complexity index is 895. The molecule has 3 nitrogen and oxygen atoms in total. The first-order chi connectivity index (χ1) is 12.6. The molecule has 1 N–H and O–H groups in total. The van der Waals surface area contributed by atoms with Crippen LogP contribution in [0.25, 0.3) is 0 Å². The number of thioether (sulfide) groups is 1. The van der Waals surface area contributed by atoms with Gasteiger partial charge in [-0.05, 0) is 29.6 Å². The summed E-state index contributed by atoms with van der Waals surface area (Å²) in [6, 6.07) is 17.9. The van der Waals surface area contributed by atoms with Crippen LogP contribution in [0, 0.1) is 0 Å². The summed E-state index contributed by atoms with van der Waals surface area (Å²) in [6.07, 6.45) is 0. The van der Waals surface area contributed by atoms with Gasteiger partial charge >= 0.3 is 0 Å². The number of thiophene rings is 1. The van der Waals surface area contributed by atoms with Gasteiger partial charge in [-0.15, -0.1) is 23.1 Å². The van der Waals surface area contributed by atoms with E-state index >= 15 is 0 Å². The molecule has 0 aliphatic rings. The van der Waals surface area contributed by atoms with Crippen molar-refractivity contribution in [2.45, 2.75) is 5.75 Å². The quantitative estimate of drug-likeness (QED) is 0.531. The summed E-state index contributed by atoms with van der Waals surface area (Å²) in [5.41, 5.74) is 1.42. The molecular weight excluding hydrogens is 386 g/mol. The molecule has 132 valence electrons. The number of carbonyl (C=O) groups is 2. The van der Waals surface area contributed by atoms with Crippen LogP contribution in [0.2, 0.25) is 5.02 Å². The van der Waals surface area contributed by atoms with E-state index in [1.165, 1.54) is 16.6 Å². The molecule has 6 heteroatoms. The highest BCUT2D eigenvalue weighted by Crippen LogP contribution is 2.24. The first-order valence-corrected chi connectivity index (χ1v) is 10.3. The molecule has 1 heterocycles. The second-order valence-corrected chi connectivity index (χ2v) is 7.96. The minimum absolute atomic E-state index is 0.143. The fraction of sp³-hybridized carbons (Fsp3) is 0.100. The molecule has 3 rings (SSSR count). The SMILES string of the molecule is O=C(CSCc1cccs1)Nc1ccc(Cl)cc1C(=O)c1ccccc1. The van der Waals surface area contributed by atoms with E-state index in [4.69, 9.17) is 11.6 Å². The lowest BCUT2D eigenvalue weighted by Gasteiger charge is -2.11. The number of rotatable bonds is 7. The molecule has 0 aliphatic carbocycles. The minimum atomic E-state index is -0.172. The topological polar surface area (TPSA) is 46.2 Å². The van der Waals surface area contributed by atoms with Gasteiger partial charge in [0.2, 0.25) is 5.91 Å². The number of anilines is 1. The van der Waals surface area contributed by atoms with Crippen molar-refractivity contribution in [3.8, 4) is 0 Å². The highest BCUT2D eigenvalue weighted by atomic mass is 35.5. The first-order valence-electron chi connectivity index (χ1n) is 7.93. The van der Waals surface area contributed by atoms with Gasteiger partial charge in [0, 0.05) is 26.8 Å². The number of hydrogen-bond acceptors (Lipinski definition) is 4. The third-order valence-corrected chi connectivity index (χ3v) is 5.87. The number of hydrogen-bond donors (Lipinski definition) is 1. The zero-order valence-electron chi connectivity index (χ0n) is 13.8. The van der Waals surface area contributed by atoms with Crippen LogP contribution in [-0.2, 0) is 10.5 Å². The van der Waals surface area contributed by atoms with Crippen molar-refractivity contribution in [2.75, 3.05) is 11.1 Å². The summed E-state index contributed by atoms with van der Waals surface area (Å²) in [7, 11) is 0. The Kier molecular flexibility index (Phi) is 6.50. The van der Waals surface area contributed by atoms with Crippen molar-refractivity contribution in [3.63, 3.8) is 0 Å². The maximum atomic E-state index is 12.8. The summed E-state index contributed by atoms with van der Waals surface area (Å²) < 4.78 is 0. The molecule has 1 aromatic heterocycles. The van der Waals surface area contributed by atoms with E-state index in [0.717, 1.165) is 5.75 Å². The summed E-state index contributed by atoms with van der Waals surface area (Å²) in [6.45, 7) is 0. The Balaban J connectivity index is 1.69. The monoisotopic (exact) mass is 401 g/mol. The van der Waals surface area contributed by atoms with E-state index in [-0.39, 0.29) is 11.7 Å². The van der Waals surface area contributed by atoms with Gasteiger partial charge in [-0.25, -0.2) is 0 Å². The first kappa shape index (κ1) is 18.7. The van der Waals surface area contributed by atoms with Gasteiger partial charge < -0.3 is 5.32 Å².